The second-order valence-electron chi connectivity index (χ2n) is 5.81. The van der Waals surface area contributed by atoms with E-state index < -0.39 is 0 Å². The summed E-state index contributed by atoms with van der Waals surface area (Å²) in [5.41, 5.74) is 2.04. The van der Waals surface area contributed by atoms with Crippen molar-refractivity contribution in [1.82, 2.24) is 5.32 Å². The lowest BCUT2D eigenvalue weighted by molar-refractivity contribution is 0.0939. The second-order valence-corrected chi connectivity index (χ2v) is 6.81. The normalized spacial score (nSPS) is 12.0. The van der Waals surface area contributed by atoms with Gasteiger partial charge in [-0.3, -0.25) is 4.79 Å². The number of hydrogen-bond acceptors (Lipinski definition) is 3. The van der Waals surface area contributed by atoms with Gasteiger partial charge in [-0.1, -0.05) is 25.5 Å². The molecule has 0 aliphatic heterocycles. The third-order valence-corrected chi connectivity index (χ3v) is 4.81. The van der Waals surface area contributed by atoms with E-state index in [1.165, 1.54) is 10.4 Å². The van der Waals surface area contributed by atoms with Crippen LogP contribution in [0.15, 0.2) is 35.7 Å². The van der Waals surface area contributed by atoms with E-state index in [1.807, 2.05) is 23.6 Å². The van der Waals surface area contributed by atoms with Gasteiger partial charge in [-0.05, 0) is 49.9 Å². The van der Waals surface area contributed by atoms with Crippen LogP contribution in [0, 0.1) is 0 Å². The molecule has 1 unspecified atom stereocenters. The summed E-state index contributed by atoms with van der Waals surface area (Å²) in [6.07, 6.45) is 4.02. The largest absolute Gasteiger partial charge is 0.497 e. The SMILES string of the molecule is CCCc1cc(C(=O)NC(C)CCc2ccc(OC)cc2)cs1. The van der Waals surface area contributed by atoms with Crippen molar-refractivity contribution in [1.29, 1.82) is 0 Å². The van der Waals surface area contributed by atoms with Crippen LogP contribution in [-0.2, 0) is 12.8 Å². The van der Waals surface area contributed by atoms with Gasteiger partial charge < -0.3 is 10.1 Å². The van der Waals surface area contributed by atoms with Crippen LogP contribution in [-0.4, -0.2) is 19.1 Å². The molecule has 23 heavy (non-hydrogen) atoms. The Morgan fingerprint density at radius 3 is 2.65 bits per heavy atom. The van der Waals surface area contributed by atoms with E-state index in [1.54, 1.807) is 18.4 Å². The molecule has 0 fully saturated rings. The smallest absolute Gasteiger partial charge is 0.252 e. The van der Waals surface area contributed by atoms with E-state index in [2.05, 4.69) is 31.3 Å². The fraction of sp³-hybridized carbons (Fsp3) is 0.421. The number of rotatable bonds is 8. The number of carbonyl (C=O) groups excluding carboxylic acids is 1. The van der Waals surface area contributed by atoms with Gasteiger partial charge in [0.1, 0.15) is 5.75 Å². The highest BCUT2D eigenvalue weighted by molar-refractivity contribution is 7.10. The molecule has 0 aliphatic rings. The molecule has 0 spiro atoms. The second kappa shape index (κ2) is 8.73. The van der Waals surface area contributed by atoms with Crippen molar-refractivity contribution in [2.24, 2.45) is 0 Å². The topological polar surface area (TPSA) is 38.3 Å². The zero-order chi connectivity index (χ0) is 16.7. The molecule has 3 nitrogen and oxygen atoms in total. The molecule has 1 heterocycles. The minimum atomic E-state index is 0.0332. The van der Waals surface area contributed by atoms with Crippen LogP contribution in [0.2, 0.25) is 0 Å². The zero-order valence-electron chi connectivity index (χ0n) is 14.1. The highest BCUT2D eigenvalue weighted by atomic mass is 32.1. The molecule has 1 aromatic carbocycles. The molecule has 4 heteroatoms. The fourth-order valence-corrected chi connectivity index (χ4v) is 3.40. The zero-order valence-corrected chi connectivity index (χ0v) is 14.9. The van der Waals surface area contributed by atoms with Crippen molar-refractivity contribution >= 4 is 17.2 Å². The van der Waals surface area contributed by atoms with Crippen LogP contribution in [0.4, 0.5) is 0 Å². The predicted octanol–water partition coefficient (Wildman–Crippen LogP) is 4.46. The average Bonchev–Trinajstić information content (AvgIpc) is 3.02. The fourth-order valence-electron chi connectivity index (χ4n) is 2.43. The molecule has 0 saturated carbocycles. The molecule has 2 rings (SSSR count). The van der Waals surface area contributed by atoms with Crippen molar-refractivity contribution in [3.63, 3.8) is 0 Å². The maximum Gasteiger partial charge on any atom is 0.252 e. The van der Waals surface area contributed by atoms with Crippen LogP contribution in [0.1, 0.15) is 47.5 Å². The maximum absolute atomic E-state index is 12.2. The van der Waals surface area contributed by atoms with E-state index in [4.69, 9.17) is 4.74 Å². The van der Waals surface area contributed by atoms with Crippen LogP contribution < -0.4 is 10.1 Å². The summed E-state index contributed by atoms with van der Waals surface area (Å²) in [6.45, 7) is 4.21. The monoisotopic (exact) mass is 331 g/mol. The van der Waals surface area contributed by atoms with E-state index in [9.17, 15) is 4.79 Å². The molecule has 2 aromatic rings. The number of thiophene rings is 1. The molecule has 1 N–H and O–H groups in total. The number of aryl methyl sites for hydroxylation is 2. The quantitative estimate of drug-likeness (QED) is 0.775. The number of nitrogens with one attached hydrogen (secondary N) is 1. The van der Waals surface area contributed by atoms with Gasteiger partial charge in [-0.2, -0.15) is 0 Å². The Morgan fingerprint density at radius 1 is 1.26 bits per heavy atom. The van der Waals surface area contributed by atoms with Crippen LogP contribution in [0.25, 0.3) is 0 Å². The number of carbonyl (C=O) groups is 1. The number of hydrogen-bond donors (Lipinski definition) is 1. The minimum Gasteiger partial charge on any atom is -0.497 e. The first-order chi connectivity index (χ1) is 11.1. The molecule has 0 saturated heterocycles. The molecule has 0 bridgehead atoms. The van der Waals surface area contributed by atoms with Gasteiger partial charge >= 0.3 is 0 Å². The molecule has 1 atom stereocenters. The van der Waals surface area contributed by atoms with Crippen molar-refractivity contribution in [2.45, 2.75) is 45.6 Å². The number of benzene rings is 1. The summed E-state index contributed by atoms with van der Waals surface area (Å²) in [6, 6.07) is 10.3. The Hall–Kier alpha value is -1.81. The first kappa shape index (κ1) is 17.5. The van der Waals surface area contributed by atoms with E-state index in [-0.39, 0.29) is 11.9 Å². The standard InChI is InChI=1S/C19H25NO2S/c1-4-5-18-12-16(13-23-18)19(21)20-14(2)6-7-15-8-10-17(22-3)11-9-15/h8-14H,4-7H2,1-3H3,(H,20,21). The van der Waals surface area contributed by atoms with Gasteiger partial charge in [-0.15, -0.1) is 11.3 Å². The summed E-state index contributed by atoms with van der Waals surface area (Å²) < 4.78 is 5.16. The van der Waals surface area contributed by atoms with Crippen molar-refractivity contribution < 1.29 is 9.53 Å². The van der Waals surface area contributed by atoms with Crippen LogP contribution >= 0.6 is 11.3 Å². The third kappa shape index (κ3) is 5.39. The van der Waals surface area contributed by atoms with Gasteiger partial charge in [0.05, 0.1) is 12.7 Å². The Bertz CT molecular complexity index is 619. The summed E-state index contributed by atoms with van der Waals surface area (Å²) in [5, 5.41) is 5.04. The molecule has 1 amide bonds. The summed E-state index contributed by atoms with van der Waals surface area (Å²) in [4.78, 5) is 13.5. The van der Waals surface area contributed by atoms with Gasteiger partial charge in [0, 0.05) is 16.3 Å². The van der Waals surface area contributed by atoms with Crippen molar-refractivity contribution in [3.05, 3.63) is 51.7 Å². The molecular formula is C19H25NO2S. The first-order valence-electron chi connectivity index (χ1n) is 8.13. The van der Waals surface area contributed by atoms with Crippen LogP contribution in [0.5, 0.6) is 5.75 Å². The average molecular weight is 331 g/mol. The Kier molecular flexibility index (Phi) is 6.66. The predicted molar refractivity (Wildman–Crippen MR) is 96.6 cm³/mol. The third-order valence-electron chi connectivity index (χ3n) is 3.81. The molecule has 0 radical (unpaired) electrons. The Balaban J connectivity index is 1.80. The molecule has 0 aliphatic carbocycles. The lowest BCUT2D eigenvalue weighted by atomic mass is 10.1. The van der Waals surface area contributed by atoms with E-state index in [0.717, 1.165) is 37.0 Å². The lowest BCUT2D eigenvalue weighted by Crippen LogP contribution is -2.32. The van der Waals surface area contributed by atoms with Gasteiger partial charge in [0.15, 0.2) is 0 Å². The Morgan fingerprint density at radius 2 is 2.00 bits per heavy atom. The van der Waals surface area contributed by atoms with Crippen molar-refractivity contribution in [3.8, 4) is 5.75 Å². The molecule has 124 valence electrons. The number of amides is 1. The maximum atomic E-state index is 12.2. The molecule has 1 aromatic heterocycles. The Labute approximate surface area is 142 Å². The first-order valence-corrected chi connectivity index (χ1v) is 9.01. The summed E-state index contributed by atoms with van der Waals surface area (Å²) in [7, 11) is 1.67. The summed E-state index contributed by atoms with van der Waals surface area (Å²) in [5.74, 6) is 0.904. The van der Waals surface area contributed by atoms with Gasteiger partial charge in [-0.25, -0.2) is 0 Å². The highest BCUT2D eigenvalue weighted by Gasteiger charge is 2.11. The van der Waals surface area contributed by atoms with E-state index in [0.29, 0.717) is 0 Å². The highest BCUT2D eigenvalue weighted by Crippen LogP contribution is 2.17. The number of ether oxygens (including phenoxy) is 1. The number of methoxy groups -OCH3 is 1. The minimum absolute atomic E-state index is 0.0332. The van der Waals surface area contributed by atoms with E-state index >= 15 is 0 Å². The lowest BCUT2D eigenvalue weighted by Gasteiger charge is -2.13. The van der Waals surface area contributed by atoms with Gasteiger partial charge in [0.2, 0.25) is 0 Å². The summed E-state index contributed by atoms with van der Waals surface area (Å²) >= 11 is 1.67. The van der Waals surface area contributed by atoms with Gasteiger partial charge in [0.25, 0.3) is 5.91 Å². The van der Waals surface area contributed by atoms with Crippen molar-refractivity contribution in [2.75, 3.05) is 7.11 Å². The molecular weight excluding hydrogens is 306 g/mol. The van der Waals surface area contributed by atoms with Crippen LogP contribution in [0.3, 0.4) is 0 Å².